The topological polar surface area (TPSA) is 68.3 Å². The molecule has 1 saturated carbocycles. The first kappa shape index (κ1) is 17.9. The summed E-state index contributed by atoms with van der Waals surface area (Å²) in [4.78, 5) is 27.5. The third-order valence-corrected chi connectivity index (χ3v) is 4.65. The Morgan fingerprint density at radius 2 is 1.96 bits per heavy atom. The number of hydrogen-bond acceptors (Lipinski definition) is 4. The predicted octanol–water partition coefficient (Wildman–Crippen LogP) is 4.55. The van der Waals surface area contributed by atoms with Crippen molar-refractivity contribution in [2.45, 2.75) is 18.8 Å². The van der Waals surface area contributed by atoms with Crippen LogP contribution < -0.4 is 10.1 Å². The van der Waals surface area contributed by atoms with Gasteiger partial charge in [0.05, 0.1) is 16.9 Å². The van der Waals surface area contributed by atoms with E-state index in [1.54, 1.807) is 42.5 Å². The predicted molar refractivity (Wildman–Crippen MR) is 103 cm³/mol. The van der Waals surface area contributed by atoms with Gasteiger partial charge in [-0.05, 0) is 60.7 Å². The van der Waals surface area contributed by atoms with Crippen LogP contribution in [0.2, 0.25) is 0 Å². The molecule has 3 aromatic rings. The van der Waals surface area contributed by atoms with Crippen LogP contribution in [0.5, 0.6) is 5.75 Å². The number of aromatic nitrogens is 1. The Balaban J connectivity index is 1.53. The molecule has 2 aromatic carbocycles. The molecule has 1 fully saturated rings. The van der Waals surface area contributed by atoms with Crippen LogP contribution in [0.15, 0.2) is 60.8 Å². The van der Waals surface area contributed by atoms with Crippen LogP contribution in [0.3, 0.4) is 0 Å². The molecule has 6 heteroatoms. The minimum absolute atomic E-state index is 0.309. The first-order valence-electron chi connectivity index (χ1n) is 8.92. The number of carbonyl (C=O) groups is 2. The van der Waals surface area contributed by atoms with E-state index in [1.165, 1.54) is 12.3 Å². The fourth-order valence-electron chi connectivity index (χ4n) is 3.01. The molecule has 0 atom stereocenters. The molecule has 0 bridgehead atoms. The van der Waals surface area contributed by atoms with Gasteiger partial charge in [0.2, 0.25) is 0 Å². The summed E-state index contributed by atoms with van der Waals surface area (Å²) < 4.78 is 18.9. The molecule has 0 saturated heterocycles. The molecule has 1 amide bonds. The molecule has 0 spiro atoms. The van der Waals surface area contributed by atoms with Crippen molar-refractivity contribution in [3.8, 4) is 17.0 Å². The van der Waals surface area contributed by atoms with Crippen molar-refractivity contribution in [2.24, 2.45) is 0 Å². The number of pyridine rings is 1. The van der Waals surface area contributed by atoms with Gasteiger partial charge in [-0.2, -0.15) is 0 Å². The summed E-state index contributed by atoms with van der Waals surface area (Å²) >= 11 is 0. The van der Waals surface area contributed by atoms with Gasteiger partial charge in [-0.15, -0.1) is 0 Å². The second kappa shape index (κ2) is 7.60. The summed E-state index contributed by atoms with van der Waals surface area (Å²) in [5.41, 5.74) is 2.61. The highest BCUT2D eigenvalue weighted by atomic mass is 19.1. The number of rotatable bonds is 6. The Hall–Kier alpha value is -3.54. The zero-order chi connectivity index (χ0) is 19.5. The van der Waals surface area contributed by atoms with Crippen LogP contribution >= 0.6 is 0 Å². The van der Waals surface area contributed by atoms with Crippen LogP contribution in [0, 0.1) is 5.82 Å². The Bertz CT molecular complexity index is 1030. The van der Waals surface area contributed by atoms with Crippen LogP contribution in [0.4, 0.5) is 10.1 Å². The molecule has 140 valence electrons. The third-order valence-electron chi connectivity index (χ3n) is 4.65. The van der Waals surface area contributed by atoms with Crippen molar-refractivity contribution >= 4 is 18.1 Å². The van der Waals surface area contributed by atoms with Gasteiger partial charge in [0.1, 0.15) is 5.82 Å². The number of benzene rings is 2. The van der Waals surface area contributed by atoms with Gasteiger partial charge in [-0.1, -0.05) is 18.2 Å². The Labute approximate surface area is 161 Å². The van der Waals surface area contributed by atoms with Gasteiger partial charge in [-0.25, -0.2) is 4.39 Å². The third kappa shape index (κ3) is 3.76. The summed E-state index contributed by atoms with van der Waals surface area (Å²) in [6.45, 7) is 0.340. The van der Waals surface area contributed by atoms with E-state index >= 15 is 0 Å². The molecule has 4 rings (SSSR count). The van der Waals surface area contributed by atoms with E-state index in [-0.39, 0.29) is 5.82 Å². The van der Waals surface area contributed by atoms with Crippen LogP contribution in [-0.2, 0) is 4.79 Å². The number of hydrogen-bond donors (Lipinski definition) is 1. The monoisotopic (exact) mass is 376 g/mol. The molecule has 5 nitrogen and oxygen atoms in total. The molecule has 1 aliphatic carbocycles. The molecule has 1 heterocycles. The number of nitrogens with zero attached hydrogens (tertiary/aromatic N) is 1. The van der Waals surface area contributed by atoms with Gasteiger partial charge in [-0.3, -0.25) is 14.6 Å². The number of anilines is 1. The Morgan fingerprint density at radius 3 is 2.64 bits per heavy atom. The van der Waals surface area contributed by atoms with Gasteiger partial charge in [0.15, 0.2) is 5.75 Å². The van der Waals surface area contributed by atoms with E-state index in [2.05, 4.69) is 10.3 Å². The smallest absolute Gasteiger partial charge is 0.298 e. The number of nitrogens with one attached hydrogen (secondary N) is 1. The molecule has 1 aliphatic rings. The molecule has 1 N–H and O–H groups in total. The van der Waals surface area contributed by atoms with Crippen LogP contribution in [-0.4, -0.2) is 17.4 Å². The maximum atomic E-state index is 13.9. The fourth-order valence-corrected chi connectivity index (χ4v) is 3.01. The van der Waals surface area contributed by atoms with Crippen LogP contribution in [0.1, 0.15) is 34.7 Å². The lowest BCUT2D eigenvalue weighted by atomic mass is 10.1. The quantitative estimate of drug-likeness (QED) is 0.641. The van der Waals surface area contributed by atoms with Crippen molar-refractivity contribution < 1.29 is 18.7 Å². The molecular weight excluding hydrogens is 359 g/mol. The lowest BCUT2D eigenvalue weighted by Crippen LogP contribution is -2.13. The summed E-state index contributed by atoms with van der Waals surface area (Å²) in [7, 11) is 0. The molecule has 0 aliphatic heterocycles. The number of halogens is 1. The summed E-state index contributed by atoms with van der Waals surface area (Å²) in [5.74, 6) is 0.0266. The van der Waals surface area contributed by atoms with Gasteiger partial charge < -0.3 is 10.1 Å². The van der Waals surface area contributed by atoms with Gasteiger partial charge in [0.25, 0.3) is 12.4 Å². The number of ether oxygens (including phenoxy) is 1. The summed E-state index contributed by atoms with van der Waals surface area (Å²) in [5, 5.41) is 2.73. The molecule has 0 radical (unpaired) electrons. The molecule has 28 heavy (non-hydrogen) atoms. The Morgan fingerprint density at radius 1 is 1.14 bits per heavy atom. The normalized spacial score (nSPS) is 13.0. The lowest BCUT2D eigenvalue weighted by Gasteiger charge is -2.11. The lowest BCUT2D eigenvalue weighted by molar-refractivity contribution is -0.120. The minimum Gasteiger partial charge on any atom is -0.427 e. The van der Waals surface area contributed by atoms with Gasteiger partial charge >= 0.3 is 0 Å². The van der Waals surface area contributed by atoms with E-state index < -0.39 is 5.91 Å². The standard InChI is InChI=1S/C22H17FN2O3/c23-18-4-2-1-3-17(18)19-9-8-16(12-24-19)22(27)25-20-10-7-15(14-5-6-14)11-21(20)28-13-26/h1-4,7-14H,5-6H2,(H,25,27). The Kier molecular flexibility index (Phi) is 4.85. The molecule has 0 unspecified atom stereocenters. The molecular formula is C22H17FN2O3. The first-order valence-corrected chi connectivity index (χ1v) is 8.92. The fraction of sp³-hybridized carbons (Fsp3) is 0.136. The van der Waals surface area contributed by atoms with E-state index in [1.807, 2.05) is 6.07 Å². The maximum Gasteiger partial charge on any atom is 0.298 e. The zero-order valence-corrected chi connectivity index (χ0v) is 14.9. The van der Waals surface area contributed by atoms with Crippen molar-refractivity contribution in [1.29, 1.82) is 0 Å². The number of amides is 1. The first-order chi connectivity index (χ1) is 13.7. The SMILES string of the molecule is O=COc1cc(C2CC2)ccc1NC(=O)c1ccc(-c2ccccc2F)nc1. The van der Waals surface area contributed by atoms with Crippen molar-refractivity contribution in [2.75, 3.05) is 5.32 Å². The van der Waals surface area contributed by atoms with E-state index in [0.717, 1.165) is 18.4 Å². The number of carbonyl (C=O) groups excluding carboxylic acids is 2. The largest absolute Gasteiger partial charge is 0.427 e. The minimum atomic E-state index is -0.400. The highest BCUT2D eigenvalue weighted by Crippen LogP contribution is 2.42. The van der Waals surface area contributed by atoms with E-state index in [4.69, 9.17) is 4.74 Å². The average Bonchev–Trinajstić information content (AvgIpc) is 3.55. The highest BCUT2D eigenvalue weighted by Gasteiger charge is 2.24. The summed E-state index contributed by atoms with van der Waals surface area (Å²) in [6.07, 6.45) is 3.62. The van der Waals surface area contributed by atoms with E-state index in [0.29, 0.717) is 40.6 Å². The summed E-state index contributed by atoms with van der Waals surface area (Å²) in [6, 6.07) is 14.9. The van der Waals surface area contributed by atoms with Crippen molar-refractivity contribution in [3.63, 3.8) is 0 Å². The van der Waals surface area contributed by atoms with Crippen molar-refractivity contribution in [3.05, 3.63) is 77.7 Å². The van der Waals surface area contributed by atoms with Crippen molar-refractivity contribution in [1.82, 2.24) is 4.98 Å². The van der Waals surface area contributed by atoms with E-state index in [9.17, 15) is 14.0 Å². The highest BCUT2D eigenvalue weighted by molar-refractivity contribution is 6.05. The maximum absolute atomic E-state index is 13.9. The average molecular weight is 376 g/mol. The second-order valence-electron chi connectivity index (χ2n) is 6.61. The molecule has 1 aromatic heterocycles. The second-order valence-corrected chi connectivity index (χ2v) is 6.61. The van der Waals surface area contributed by atoms with Crippen LogP contribution in [0.25, 0.3) is 11.3 Å². The van der Waals surface area contributed by atoms with Gasteiger partial charge in [0, 0.05) is 11.8 Å². The zero-order valence-electron chi connectivity index (χ0n) is 14.9.